The van der Waals surface area contributed by atoms with Crippen molar-refractivity contribution in [1.82, 2.24) is 19.5 Å². The van der Waals surface area contributed by atoms with Crippen molar-refractivity contribution in [3.63, 3.8) is 0 Å². The number of aromatic nitrogens is 3. The van der Waals surface area contributed by atoms with Gasteiger partial charge < -0.3 is 4.74 Å². The van der Waals surface area contributed by atoms with Gasteiger partial charge in [0.15, 0.2) is 0 Å². The SMILES string of the molecule is CCOc1ccc(S(=O)(=O)NCCn2nc(-c3ccncc3)c3c2CCCC3)cc1C. The summed E-state index contributed by atoms with van der Waals surface area (Å²) in [5.41, 5.74) is 5.34. The van der Waals surface area contributed by atoms with Crippen LogP contribution in [0.1, 0.15) is 36.6 Å². The first-order valence-electron chi connectivity index (χ1n) is 10.7. The van der Waals surface area contributed by atoms with E-state index in [0.717, 1.165) is 42.5 Å². The second-order valence-corrected chi connectivity index (χ2v) is 9.47. The van der Waals surface area contributed by atoms with Crippen LogP contribution in [0.5, 0.6) is 5.75 Å². The zero-order valence-electron chi connectivity index (χ0n) is 18.0. The Morgan fingerprint density at radius 3 is 2.65 bits per heavy atom. The lowest BCUT2D eigenvalue weighted by molar-refractivity contribution is 0.337. The summed E-state index contributed by atoms with van der Waals surface area (Å²) in [6.45, 7) is 5.06. The normalized spacial score (nSPS) is 13.7. The minimum atomic E-state index is -3.61. The standard InChI is InChI=1S/C23H28N4O3S/c1-3-30-22-9-8-19(16-17(22)2)31(28,29)25-14-15-27-21-7-5-4-6-20(21)23(26-27)18-10-12-24-13-11-18/h8-13,16,25H,3-7,14-15H2,1-2H3. The fraction of sp³-hybridized carbons (Fsp3) is 0.391. The van der Waals surface area contributed by atoms with E-state index in [4.69, 9.17) is 9.84 Å². The average Bonchev–Trinajstić information content (AvgIpc) is 3.14. The lowest BCUT2D eigenvalue weighted by Crippen LogP contribution is -2.28. The third-order valence-corrected chi connectivity index (χ3v) is 7.04. The highest BCUT2D eigenvalue weighted by molar-refractivity contribution is 7.89. The van der Waals surface area contributed by atoms with Gasteiger partial charge in [-0.05, 0) is 75.4 Å². The van der Waals surface area contributed by atoms with Crippen LogP contribution in [0.15, 0.2) is 47.6 Å². The molecular weight excluding hydrogens is 412 g/mol. The van der Waals surface area contributed by atoms with Gasteiger partial charge in [0.05, 0.1) is 23.7 Å². The topological polar surface area (TPSA) is 86.1 Å². The van der Waals surface area contributed by atoms with Crippen molar-refractivity contribution in [2.75, 3.05) is 13.2 Å². The molecule has 8 heteroatoms. The molecule has 1 aliphatic rings. The van der Waals surface area contributed by atoms with E-state index >= 15 is 0 Å². The zero-order chi connectivity index (χ0) is 21.8. The van der Waals surface area contributed by atoms with E-state index in [9.17, 15) is 8.42 Å². The second kappa shape index (κ2) is 9.20. The number of benzene rings is 1. The first-order valence-corrected chi connectivity index (χ1v) is 12.2. The van der Waals surface area contributed by atoms with Gasteiger partial charge in [0.2, 0.25) is 10.0 Å². The number of rotatable bonds is 8. The molecular formula is C23H28N4O3S. The highest BCUT2D eigenvalue weighted by atomic mass is 32.2. The van der Waals surface area contributed by atoms with Gasteiger partial charge in [0.1, 0.15) is 5.75 Å². The predicted molar refractivity (Wildman–Crippen MR) is 120 cm³/mol. The molecule has 7 nitrogen and oxygen atoms in total. The summed E-state index contributed by atoms with van der Waals surface area (Å²) in [4.78, 5) is 4.34. The van der Waals surface area contributed by atoms with Crippen LogP contribution in [0.4, 0.5) is 0 Å². The van der Waals surface area contributed by atoms with Gasteiger partial charge in [-0.25, -0.2) is 13.1 Å². The molecule has 0 aliphatic heterocycles. The van der Waals surface area contributed by atoms with Gasteiger partial charge in [0, 0.05) is 35.8 Å². The maximum absolute atomic E-state index is 12.8. The van der Waals surface area contributed by atoms with Gasteiger partial charge in [-0.3, -0.25) is 9.67 Å². The smallest absolute Gasteiger partial charge is 0.240 e. The highest BCUT2D eigenvalue weighted by Gasteiger charge is 2.22. The van der Waals surface area contributed by atoms with E-state index in [0.29, 0.717) is 18.9 Å². The van der Waals surface area contributed by atoms with Crippen molar-refractivity contribution in [1.29, 1.82) is 0 Å². The van der Waals surface area contributed by atoms with E-state index in [1.165, 1.54) is 11.3 Å². The fourth-order valence-electron chi connectivity index (χ4n) is 4.07. The monoisotopic (exact) mass is 440 g/mol. The summed E-state index contributed by atoms with van der Waals surface area (Å²) in [5, 5.41) is 4.84. The Kier molecular flexibility index (Phi) is 6.38. The van der Waals surface area contributed by atoms with Gasteiger partial charge in [0.25, 0.3) is 0 Å². The van der Waals surface area contributed by atoms with Crippen LogP contribution < -0.4 is 9.46 Å². The minimum absolute atomic E-state index is 0.244. The van der Waals surface area contributed by atoms with Gasteiger partial charge in [-0.1, -0.05) is 0 Å². The summed E-state index contributed by atoms with van der Waals surface area (Å²) in [5.74, 6) is 0.702. The van der Waals surface area contributed by atoms with E-state index in [1.54, 1.807) is 30.6 Å². The van der Waals surface area contributed by atoms with Crippen LogP contribution in [0.3, 0.4) is 0 Å². The molecule has 1 N–H and O–H groups in total. The molecule has 0 saturated carbocycles. The van der Waals surface area contributed by atoms with E-state index < -0.39 is 10.0 Å². The van der Waals surface area contributed by atoms with Crippen molar-refractivity contribution >= 4 is 10.0 Å². The fourth-order valence-corrected chi connectivity index (χ4v) is 5.18. The Hall–Kier alpha value is -2.71. The van der Waals surface area contributed by atoms with Crippen LogP contribution in [-0.4, -0.2) is 36.3 Å². The van der Waals surface area contributed by atoms with Crippen LogP contribution in [0.2, 0.25) is 0 Å². The molecule has 1 aromatic carbocycles. The molecule has 0 saturated heterocycles. The van der Waals surface area contributed by atoms with Crippen molar-refractivity contribution in [3.05, 3.63) is 59.5 Å². The number of sulfonamides is 1. The Morgan fingerprint density at radius 1 is 1.13 bits per heavy atom. The Labute approximate surface area is 183 Å². The summed E-state index contributed by atoms with van der Waals surface area (Å²) < 4.78 is 35.7. The number of hydrogen-bond acceptors (Lipinski definition) is 5. The van der Waals surface area contributed by atoms with E-state index in [2.05, 4.69) is 9.71 Å². The third-order valence-electron chi connectivity index (χ3n) is 5.58. The molecule has 0 amide bonds. The maximum Gasteiger partial charge on any atom is 0.240 e. The molecule has 31 heavy (non-hydrogen) atoms. The minimum Gasteiger partial charge on any atom is -0.494 e. The lowest BCUT2D eigenvalue weighted by Gasteiger charge is -2.15. The molecule has 0 atom stereocenters. The Bertz CT molecular complexity index is 1160. The molecule has 0 fully saturated rings. The van der Waals surface area contributed by atoms with Crippen LogP contribution in [0.25, 0.3) is 11.3 Å². The quantitative estimate of drug-likeness (QED) is 0.579. The van der Waals surface area contributed by atoms with E-state index in [1.807, 2.05) is 30.7 Å². The molecule has 164 valence electrons. The van der Waals surface area contributed by atoms with Crippen molar-refractivity contribution in [2.24, 2.45) is 0 Å². The summed E-state index contributed by atoms with van der Waals surface area (Å²) in [6, 6.07) is 8.87. The molecule has 2 heterocycles. The van der Waals surface area contributed by atoms with E-state index in [-0.39, 0.29) is 11.4 Å². The molecule has 0 spiro atoms. The molecule has 0 bridgehead atoms. The number of nitrogens with zero attached hydrogens (tertiary/aromatic N) is 3. The lowest BCUT2D eigenvalue weighted by atomic mass is 9.94. The number of hydrogen-bond donors (Lipinski definition) is 1. The van der Waals surface area contributed by atoms with Crippen LogP contribution in [-0.2, 0) is 29.4 Å². The maximum atomic E-state index is 12.8. The summed E-state index contributed by atoms with van der Waals surface area (Å²) >= 11 is 0. The highest BCUT2D eigenvalue weighted by Crippen LogP contribution is 2.31. The molecule has 2 aromatic heterocycles. The number of ether oxygens (including phenoxy) is 1. The number of pyridine rings is 1. The van der Waals surface area contributed by atoms with Gasteiger partial charge in [-0.15, -0.1) is 0 Å². The Balaban J connectivity index is 1.50. The summed E-state index contributed by atoms with van der Waals surface area (Å²) in [7, 11) is -3.61. The zero-order valence-corrected chi connectivity index (χ0v) is 18.8. The van der Waals surface area contributed by atoms with Crippen molar-refractivity contribution < 1.29 is 13.2 Å². The van der Waals surface area contributed by atoms with Crippen molar-refractivity contribution in [3.8, 4) is 17.0 Å². The molecule has 0 unspecified atom stereocenters. The average molecular weight is 441 g/mol. The summed E-state index contributed by atoms with van der Waals surface area (Å²) in [6.07, 6.45) is 7.81. The third kappa shape index (κ3) is 4.65. The molecule has 4 rings (SSSR count). The number of fused-ring (bicyclic) bond motifs is 1. The largest absolute Gasteiger partial charge is 0.494 e. The van der Waals surface area contributed by atoms with Crippen LogP contribution in [0, 0.1) is 6.92 Å². The number of aryl methyl sites for hydroxylation is 1. The van der Waals surface area contributed by atoms with Crippen molar-refractivity contribution in [2.45, 2.75) is 51.0 Å². The second-order valence-electron chi connectivity index (χ2n) is 7.70. The molecule has 0 radical (unpaired) electrons. The first kappa shape index (κ1) is 21.5. The van der Waals surface area contributed by atoms with Crippen LogP contribution >= 0.6 is 0 Å². The first-order chi connectivity index (χ1) is 15.0. The predicted octanol–water partition coefficient (Wildman–Crippen LogP) is 3.51. The molecule has 3 aromatic rings. The van der Waals surface area contributed by atoms with Gasteiger partial charge >= 0.3 is 0 Å². The Morgan fingerprint density at radius 2 is 1.90 bits per heavy atom. The van der Waals surface area contributed by atoms with Gasteiger partial charge in [-0.2, -0.15) is 5.10 Å². The number of nitrogens with one attached hydrogen (secondary N) is 1. The molecule has 1 aliphatic carbocycles.